The van der Waals surface area contributed by atoms with Gasteiger partial charge in [0.2, 0.25) is 5.91 Å². The molecule has 0 saturated carbocycles. The first-order valence-electron chi connectivity index (χ1n) is 5.29. The fourth-order valence-electron chi connectivity index (χ4n) is 1.81. The molecule has 0 spiro atoms. The summed E-state index contributed by atoms with van der Waals surface area (Å²) < 4.78 is 0.745. The number of benzene rings is 1. The smallest absolute Gasteiger partial charge is 0.251 e. The van der Waals surface area contributed by atoms with Crippen LogP contribution in [0, 0.1) is 11.3 Å². The third kappa shape index (κ3) is 2.36. The monoisotopic (exact) mass is 307 g/mol. The van der Waals surface area contributed by atoms with Crippen LogP contribution >= 0.6 is 15.9 Å². The molecule has 0 bridgehead atoms. The number of nitrogens with zero attached hydrogens (tertiary/aromatic N) is 2. The Bertz CT molecular complexity index is 565. The number of nitriles is 1. The topological polar surface area (TPSA) is 73.2 Å². The van der Waals surface area contributed by atoms with Crippen LogP contribution in [-0.2, 0) is 9.59 Å². The third-order valence-electron chi connectivity index (χ3n) is 2.75. The molecule has 6 heteroatoms. The summed E-state index contributed by atoms with van der Waals surface area (Å²) in [4.78, 5) is 24.2. The molecule has 0 aromatic heterocycles. The van der Waals surface area contributed by atoms with E-state index < -0.39 is 6.04 Å². The lowest BCUT2D eigenvalue weighted by Crippen LogP contribution is -2.31. The number of nitrogens with one attached hydrogen (secondary N) is 1. The normalized spacial score (nSPS) is 18.9. The molecule has 1 aliphatic rings. The fraction of sp³-hybridized carbons (Fsp3) is 0.250. The molecule has 1 fully saturated rings. The van der Waals surface area contributed by atoms with Crippen LogP contribution < -0.4 is 5.32 Å². The van der Waals surface area contributed by atoms with E-state index in [-0.39, 0.29) is 18.2 Å². The van der Waals surface area contributed by atoms with Crippen LogP contribution in [-0.4, -0.2) is 29.8 Å². The molecule has 18 heavy (non-hydrogen) atoms. The van der Waals surface area contributed by atoms with E-state index in [1.54, 1.807) is 18.2 Å². The Labute approximate surface area is 113 Å². The van der Waals surface area contributed by atoms with Gasteiger partial charge in [-0.1, -0.05) is 15.9 Å². The van der Waals surface area contributed by atoms with Crippen molar-refractivity contribution < 1.29 is 9.59 Å². The molecule has 92 valence electrons. The highest BCUT2D eigenvalue weighted by Gasteiger charge is 2.35. The lowest BCUT2D eigenvalue weighted by molar-refractivity contribution is -0.136. The van der Waals surface area contributed by atoms with Gasteiger partial charge in [-0.3, -0.25) is 14.5 Å². The summed E-state index contributed by atoms with van der Waals surface area (Å²) in [5.74, 6) is -0.452. The van der Waals surface area contributed by atoms with Crippen LogP contribution in [0.4, 0.5) is 5.69 Å². The molecule has 5 nitrogen and oxygen atoms in total. The van der Waals surface area contributed by atoms with Gasteiger partial charge in [0.1, 0.15) is 6.04 Å². The molecule has 1 saturated heterocycles. The van der Waals surface area contributed by atoms with E-state index in [9.17, 15) is 9.59 Å². The highest BCUT2D eigenvalue weighted by molar-refractivity contribution is 9.10. The number of hydrogen-bond donors (Lipinski definition) is 1. The van der Waals surface area contributed by atoms with E-state index in [0.29, 0.717) is 11.3 Å². The second-order valence-electron chi connectivity index (χ2n) is 4.03. The van der Waals surface area contributed by atoms with Gasteiger partial charge in [-0.25, -0.2) is 0 Å². The van der Waals surface area contributed by atoms with Crippen molar-refractivity contribution in [3.8, 4) is 6.07 Å². The quantitative estimate of drug-likeness (QED) is 0.840. The molecule has 1 atom stereocenters. The zero-order chi connectivity index (χ0) is 13.3. The molecule has 1 aromatic rings. The largest absolute Gasteiger partial charge is 0.373 e. The van der Waals surface area contributed by atoms with Gasteiger partial charge in [0.25, 0.3) is 5.91 Å². The van der Waals surface area contributed by atoms with Crippen molar-refractivity contribution in [3.05, 3.63) is 28.2 Å². The van der Waals surface area contributed by atoms with Crippen molar-refractivity contribution in [1.29, 1.82) is 5.26 Å². The predicted molar refractivity (Wildman–Crippen MR) is 68.7 cm³/mol. The maximum atomic E-state index is 11.7. The summed E-state index contributed by atoms with van der Waals surface area (Å²) in [6.45, 7) is 0. The van der Waals surface area contributed by atoms with Crippen molar-refractivity contribution in [2.24, 2.45) is 0 Å². The molecule has 1 heterocycles. The number of likely N-dealkylation sites (tertiary alicyclic amines) is 1. The molecule has 1 aliphatic heterocycles. The summed E-state index contributed by atoms with van der Waals surface area (Å²) in [5.41, 5.74) is 1.12. The number of carbonyl (C=O) groups is 2. The van der Waals surface area contributed by atoms with Crippen molar-refractivity contribution in [2.45, 2.75) is 12.5 Å². The van der Waals surface area contributed by atoms with Gasteiger partial charge in [-0.2, -0.15) is 5.26 Å². The third-order valence-corrected chi connectivity index (χ3v) is 3.21. The first-order chi connectivity index (χ1) is 8.51. The highest BCUT2D eigenvalue weighted by Crippen LogP contribution is 2.22. The Balaban J connectivity index is 2.20. The Kier molecular flexibility index (Phi) is 3.34. The van der Waals surface area contributed by atoms with Crippen LogP contribution in [0.1, 0.15) is 12.0 Å². The van der Waals surface area contributed by atoms with Crippen molar-refractivity contribution >= 4 is 33.4 Å². The first-order valence-corrected chi connectivity index (χ1v) is 6.08. The molecule has 0 radical (unpaired) electrons. The minimum atomic E-state index is -0.552. The standard InChI is InChI=1S/C12H10BrN3O2/c1-16-11(17)5-10(12(16)18)15-9-3-7(6-14)2-8(13)4-9/h2-4,10,15H,5H2,1H3. The van der Waals surface area contributed by atoms with Gasteiger partial charge in [0.15, 0.2) is 0 Å². The Morgan fingerprint density at radius 3 is 2.72 bits per heavy atom. The van der Waals surface area contributed by atoms with Gasteiger partial charge in [0.05, 0.1) is 18.1 Å². The molecule has 2 rings (SSSR count). The summed E-state index contributed by atoms with van der Waals surface area (Å²) in [6, 6.07) is 6.56. The molecular weight excluding hydrogens is 298 g/mol. The summed E-state index contributed by atoms with van der Waals surface area (Å²) in [7, 11) is 1.47. The predicted octanol–water partition coefficient (Wildman–Crippen LogP) is 1.49. The Morgan fingerprint density at radius 1 is 1.44 bits per heavy atom. The van der Waals surface area contributed by atoms with Gasteiger partial charge < -0.3 is 5.32 Å². The number of halogens is 1. The second-order valence-corrected chi connectivity index (χ2v) is 4.95. The lowest BCUT2D eigenvalue weighted by atomic mass is 10.2. The van der Waals surface area contributed by atoms with Crippen LogP contribution in [0.5, 0.6) is 0 Å². The zero-order valence-electron chi connectivity index (χ0n) is 9.61. The highest BCUT2D eigenvalue weighted by atomic mass is 79.9. The molecule has 1 N–H and O–H groups in total. The van der Waals surface area contributed by atoms with Crippen LogP contribution in [0.15, 0.2) is 22.7 Å². The van der Waals surface area contributed by atoms with Crippen molar-refractivity contribution in [2.75, 3.05) is 12.4 Å². The van der Waals surface area contributed by atoms with Crippen molar-refractivity contribution in [1.82, 2.24) is 4.90 Å². The average molecular weight is 308 g/mol. The van der Waals surface area contributed by atoms with Gasteiger partial charge in [0, 0.05) is 17.2 Å². The molecule has 1 aromatic carbocycles. The Hall–Kier alpha value is -1.87. The fourth-order valence-corrected chi connectivity index (χ4v) is 2.30. The van der Waals surface area contributed by atoms with E-state index in [1.807, 2.05) is 6.07 Å². The summed E-state index contributed by atoms with van der Waals surface area (Å²) >= 11 is 3.29. The first kappa shape index (κ1) is 12.6. The summed E-state index contributed by atoms with van der Waals surface area (Å²) in [6.07, 6.45) is 0.143. The van der Waals surface area contributed by atoms with E-state index >= 15 is 0 Å². The number of hydrogen-bond acceptors (Lipinski definition) is 4. The van der Waals surface area contributed by atoms with Crippen LogP contribution in [0.3, 0.4) is 0 Å². The van der Waals surface area contributed by atoms with E-state index in [2.05, 4.69) is 21.2 Å². The second kappa shape index (κ2) is 4.78. The number of likely N-dealkylation sites (N-methyl/N-ethyl adjacent to an activating group) is 1. The van der Waals surface area contributed by atoms with Crippen molar-refractivity contribution in [3.63, 3.8) is 0 Å². The maximum Gasteiger partial charge on any atom is 0.251 e. The molecular formula is C12H10BrN3O2. The van der Waals surface area contributed by atoms with E-state index in [1.165, 1.54) is 7.05 Å². The number of imide groups is 1. The van der Waals surface area contributed by atoms with Crippen LogP contribution in [0.25, 0.3) is 0 Å². The zero-order valence-corrected chi connectivity index (χ0v) is 11.2. The molecule has 1 unspecified atom stereocenters. The van der Waals surface area contributed by atoms with Gasteiger partial charge in [-0.05, 0) is 18.2 Å². The number of rotatable bonds is 2. The van der Waals surface area contributed by atoms with Gasteiger partial charge in [-0.15, -0.1) is 0 Å². The number of amides is 2. The minimum absolute atomic E-state index is 0.143. The summed E-state index contributed by atoms with van der Waals surface area (Å²) in [5, 5.41) is 11.8. The molecule has 0 aliphatic carbocycles. The maximum absolute atomic E-state index is 11.7. The van der Waals surface area contributed by atoms with E-state index in [0.717, 1.165) is 9.37 Å². The van der Waals surface area contributed by atoms with Gasteiger partial charge >= 0.3 is 0 Å². The average Bonchev–Trinajstić information content (AvgIpc) is 2.56. The SMILES string of the molecule is CN1C(=O)CC(Nc2cc(Br)cc(C#N)c2)C1=O. The minimum Gasteiger partial charge on any atom is -0.373 e. The number of carbonyl (C=O) groups excluding carboxylic acids is 2. The van der Waals surface area contributed by atoms with E-state index in [4.69, 9.17) is 5.26 Å². The molecule has 2 amide bonds. The lowest BCUT2D eigenvalue weighted by Gasteiger charge is -2.12. The number of anilines is 1. The van der Waals surface area contributed by atoms with Crippen LogP contribution in [0.2, 0.25) is 0 Å². The Morgan fingerprint density at radius 2 is 2.17 bits per heavy atom.